The van der Waals surface area contributed by atoms with Gasteiger partial charge in [-0.25, -0.2) is 24.2 Å². The highest BCUT2D eigenvalue weighted by atomic mass is 16.6. The predicted molar refractivity (Wildman–Crippen MR) is 494 cm³/mol. The van der Waals surface area contributed by atoms with Crippen molar-refractivity contribution in [2.45, 2.75) is 219 Å². The molecule has 5 aliphatic rings. The first-order valence-corrected chi connectivity index (χ1v) is 47.0. The number of benzene rings is 2. The molecule has 16 atom stereocenters. The highest BCUT2D eigenvalue weighted by Gasteiger charge is 2.53. The van der Waals surface area contributed by atoms with Crippen LogP contribution in [0.4, 0.5) is 16.6 Å². The number of rotatable bonds is 41. The van der Waals surface area contributed by atoms with Crippen LogP contribution in [0, 0.1) is 35.5 Å². The fourth-order valence-electron chi connectivity index (χ4n) is 18.0. The molecule has 36 heteroatoms. The standard InChI is InChI=1S/C97H143N11O25/c1-62-17-13-12-14-18-63(2)79(118-8)57-74-25-20-68(7)97(117,133-74)90(113)93(114)107-33-16-15-19-76(107)94(115)130-81(58-80(119-9)64(3)52-67(6)88(112)89(121-11)87(111)66(5)51-62)65(4)53-69-22-26-78(82(55-69)120-10)132-96(116)101-32-38-125-42-46-129-49-47-126-43-39-122-35-29-83(109)100-31-37-124-41-45-128-50-48-127-44-40-123-36-30-84(110)106-34-28-71-54-70(21-23-73(71)60-106)59-108-92-85(91(98)102-61-103-92)86(105-108)72-24-27-77-75(56-72)104-95(99)131-77/h12-14,17-18,21,23-24,27,52,54,56,61-62,64-66,68-69,74,76,78-82,88-89,112,117H,15-16,19-20,22,25-26,28-51,53,55,57-60H2,1-11H3,(H2,99,104)(H,100,109)(H,101,116)(H2,98,102,103)/b14-12+,17-13+,63-18+,67-52+/t62-,64?,65-,66?,68-,69+,74+,76+,78?,79+,80-,81+,82-,88?,89+,97-/m1/s1. The largest absolute Gasteiger partial charge is 0.460 e. The summed E-state index contributed by atoms with van der Waals surface area (Å²) in [4.78, 5) is 113. The molecule has 10 rings (SSSR count). The fourth-order valence-corrected chi connectivity index (χ4v) is 18.0. The van der Waals surface area contributed by atoms with Crippen molar-refractivity contribution in [2.24, 2.45) is 35.5 Å². The summed E-state index contributed by atoms with van der Waals surface area (Å²) in [7, 11) is 6.13. The molecule has 1 aliphatic carbocycles. The number of aliphatic hydroxyl groups is 2. The highest BCUT2D eigenvalue weighted by molar-refractivity contribution is 6.39. The van der Waals surface area contributed by atoms with Gasteiger partial charge in [-0.1, -0.05) is 89.3 Å². The van der Waals surface area contributed by atoms with Crippen molar-refractivity contribution in [2.75, 3.05) is 172 Å². The second-order valence-corrected chi connectivity index (χ2v) is 35.4. The summed E-state index contributed by atoms with van der Waals surface area (Å²) >= 11 is 0. The third-order valence-electron chi connectivity index (χ3n) is 25.6. The van der Waals surface area contributed by atoms with Gasteiger partial charge in [-0.05, 0) is 148 Å². The van der Waals surface area contributed by atoms with Gasteiger partial charge in [-0.3, -0.25) is 24.0 Å². The Hall–Kier alpha value is -9.09. The number of hydrogen-bond acceptors (Lipinski definition) is 31. The van der Waals surface area contributed by atoms with Crippen LogP contribution in [0.2, 0.25) is 0 Å². The lowest BCUT2D eigenvalue weighted by Gasteiger charge is -2.43. The lowest BCUT2D eigenvalue weighted by atomic mass is 9.78. The molecule has 5 aromatic rings. The summed E-state index contributed by atoms with van der Waals surface area (Å²) in [5, 5.41) is 35.1. The number of aromatic nitrogens is 5. The average Bonchev–Trinajstić information content (AvgIpc) is 1.65. The van der Waals surface area contributed by atoms with E-state index >= 15 is 0 Å². The van der Waals surface area contributed by atoms with Crippen LogP contribution in [0.25, 0.3) is 33.4 Å². The monoisotopic (exact) mass is 1860 g/mol. The topological polar surface area (TPSA) is 451 Å². The number of fused-ring (bicyclic) bond motifs is 6. The quantitative estimate of drug-likeness (QED) is 0.00918. The number of carbonyl (C=O) groups is 7. The number of cyclic esters (lactones) is 1. The Labute approximate surface area is 780 Å². The second kappa shape index (κ2) is 54.6. The Balaban J connectivity index is 0.541. The maximum absolute atomic E-state index is 14.9. The normalized spacial score (nSPS) is 26.8. The number of Topliss-reactive ketones (excluding diaryl/α,β-unsaturated/α-hetero) is 2. The number of nitrogens with two attached hydrogens (primary N) is 2. The van der Waals surface area contributed by atoms with Crippen molar-refractivity contribution in [3.05, 3.63) is 107 Å². The molecule has 736 valence electrons. The van der Waals surface area contributed by atoms with Crippen molar-refractivity contribution >= 4 is 75.3 Å². The molecule has 7 heterocycles. The predicted octanol–water partition coefficient (Wildman–Crippen LogP) is 9.14. The molecule has 36 nitrogen and oxygen atoms in total. The number of anilines is 2. The van der Waals surface area contributed by atoms with E-state index in [1.54, 1.807) is 41.2 Å². The van der Waals surface area contributed by atoms with Gasteiger partial charge in [-0.15, -0.1) is 0 Å². The van der Waals surface area contributed by atoms with Gasteiger partial charge in [0, 0.05) is 104 Å². The van der Waals surface area contributed by atoms with E-state index in [0.717, 1.165) is 28.7 Å². The third kappa shape index (κ3) is 31.7. The van der Waals surface area contributed by atoms with E-state index in [0.29, 0.717) is 215 Å². The molecular weight excluding hydrogens is 1720 g/mol. The zero-order valence-corrected chi connectivity index (χ0v) is 79.4. The summed E-state index contributed by atoms with van der Waals surface area (Å²) < 4.78 is 94.8. The molecule has 0 radical (unpaired) electrons. The van der Waals surface area contributed by atoms with E-state index in [-0.39, 0.29) is 100.0 Å². The number of nitrogen functional groups attached to an aromatic ring is 2. The number of ketones is 2. The number of ether oxygens (including phenoxy) is 15. The van der Waals surface area contributed by atoms with Crippen molar-refractivity contribution in [1.29, 1.82) is 0 Å². The molecule has 4 amide bonds. The van der Waals surface area contributed by atoms with Crippen LogP contribution in [0.15, 0.2) is 94.7 Å². The van der Waals surface area contributed by atoms with Gasteiger partial charge in [0.15, 0.2) is 17.0 Å². The third-order valence-corrected chi connectivity index (χ3v) is 25.6. The number of esters is 1. The highest BCUT2D eigenvalue weighted by Crippen LogP contribution is 2.40. The number of nitrogens with one attached hydrogen (secondary N) is 2. The minimum absolute atomic E-state index is 0.00523. The van der Waals surface area contributed by atoms with Gasteiger partial charge >= 0.3 is 12.1 Å². The van der Waals surface area contributed by atoms with Crippen molar-refractivity contribution in [3.8, 4) is 11.3 Å². The summed E-state index contributed by atoms with van der Waals surface area (Å²) in [6.07, 6.45) is 13.0. The Morgan fingerprint density at radius 3 is 2.02 bits per heavy atom. The second-order valence-electron chi connectivity index (χ2n) is 35.4. The molecule has 133 heavy (non-hydrogen) atoms. The zero-order valence-electron chi connectivity index (χ0n) is 79.4. The van der Waals surface area contributed by atoms with Gasteiger partial charge in [0.2, 0.25) is 17.6 Å². The number of methoxy groups -OCH3 is 4. The molecule has 3 aromatic heterocycles. The van der Waals surface area contributed by atoms with E-state index in [2.05, 4.69) is 43.8 Å². The van der Waals surface area contributed by atoms with Crippen LogP contribution >= 0.6 is 0 Å². The number of carbonyl (C=O) groups excluding carboxylic acids is 7. The Morgan fingerprint density at radius 1 is 0.669 bits per heavy atom. The van der Waals surface area contributed by atoms with Crippen LogP contribution in [0.1, 0.15) is 155 Å². The minimum atomic E-state index is -2.46. The number of piperidine rings is 1. The first-order valence-electron chi connectivity index (χ1n) is 47.0. The molecule has 8 N–H and O–H groups in total. The SMILES string of the molecule is CO[C@H]1C[C@@H]2CC[C@@H](C)[C@@](O)(O2)C(=O)C(=O)N2CCCC[C@H]2C(=O)O[C@H]([C@H](C)C[C@@H]2CCC(OC(=O)NCCOCCOCCOCCOCCC(=O)NCCOCCOCCOCCOCCC(=O)N3CCc4cc(Cn5nc(-c6ccc7oc(N)nc7c6)c6c(N)ncnc65)ccc4C3)[C@H](OC)C2)C[C@@H](OC)C(C)/C=C(\C)C(O)[C@@H](OC)C(=O)C(C)C[C@H](C)/C=C/C=C/C=C/1C. The molecule has 4 aliphatic heterocycles. The first-order chi connectivity index (χ1) is 64.2. The number of alkyl carbamates (subject to hydrolysis) is 1. The Kier molecular flexibility index (Phi) is 43.5. The molecule has 2 aromatic carbocycles. The number of nitrogens with zero attached hydrogens (tertiary/aromatic N) is 7. The van der Waals surface area contributed by atoms with E-state index in [4.69, 9.17) is 92.0 Å². The summed E-state index contributed by atoms with van der Waals surface area (Å²) in [6, 6.07) is 10.8. The number of amides is 4. The number of aliphatic hydroxyl groups excluding tert-OH is 1. The minimum Gasteiger partial charge on any atom is -0.460 e. The van der Waals surface area contributed by atoms with Crippen molar-refractivity contribution < 1.29 is 119 Å². The van der Waals surface area contributed by atoms with Crippen LogP contribution in [0.5, 0.6) is 0 Å². The van der Waals surface area contributed by atoms with Crippen LogP contribution in [-0.4, -0.2) is 307 Å². The fraction of sp³-hybridized carbons (Fsp3) is 0.660. The lowest BCUT2D eigenvalue weighted by Crippen LogP contribution is -2.61. The summed E-state index contributed by atoms with van der Waals surface area (Å²) in [6.45, 7) is 20.5. The van der Waals surface area contributed by atoms with E-state index < -0.39 is 102 Å². The summed E-state index contributed by atoms with van der Waals surface area (Å²) in [5.74, 6) is -7.20. The van der Waals surface area contributed by atoms with Gasteiger partial charge in [0.1, 0.15) is 53.8 Å². The van der Waals surface area contributed by atoms with Gasteiger partial charge in [0.05, 0.1) is 148 Å². The molecule has 2 saturated heterocycles. The zero-order chi connectivity index (χ0) is 95.4. The number of hydrogen-bond donors (Lipinski definition) is 6. The molecular formula is C97H143N11O25. The van der Waals surface area contributed by atoms with Crippen molar-refractivity contribution in [3.63, 3.8) is 0 Å². The molecule has 1 saturated carbocycles. The Morgan fingerprint density at radius 2 is 1.34 bits per heavy atom. The summed E-state index contributed by atoms with van der Waals surface area (Å²) in [5.41, 5.74) is 20.0. The molecule has 0 spiro atoms. The molecule has 4 unspecified atom stereocenters. The van der Waals surface area contributed by atoms with E-state index in [1.165, 1.54) is 23.9 Å². The molecule has 3 fully saturated rings. The Bertz CT molecular complexity index is 4650. The van der Waals surface area contributed by atoms with Gasteiger partial charge in [-0.2, -0.15) is 10.1 Å². The average molecular weight is 1860 g/mol. The van der Waals surface area contributed by atoms with Crippen LogP contribution < -0.4 is 22.1 Å². The van der Waals surface area contributed by atoms with Crippen molar-refractivity contribution in [1.82, 2.24) is 45.2 Å². The van der Waals surface area contributed by atoms with Gasteiger partial charge in [0.25, 0.3) is 17.7 Å². The molecule has 2 bridgehead atoms. The first kappa shape index (κ1) is 106. The maximum Gasteiger partial charge on any atom is 0.407 e. The van der Waals surface area contributed by atoms with Crippen LogP contribution in [0.3, 0.4) is 0 Å². The lowest BCUT2D eigenvalue weighted by molar-refractivity contribution is -0.265. The van der Waals surface area contributed by atoms with E-state index in [9.17, 15) is 43.8 Å². The number of allylic oxidation sites excluding steroid dienone is 5. The number of oxazole rings is 1. The smallest absolute Gasteiger partial charge is 0.407 e. The van der Waals surface area contributed by atoms with E-state index in [1.807, 2.05) is 92.8 Å². The van der Waals surface area contributed by atoms with Crippen LogP contribution in [-0.2, 0) is 119 Å². The van der Waals surface area contributed by atoms with Gasteiger partial charge < -0.3 is 118 Å². The maximum atomic E-state index is 14.9.